The summed E-state index contributed by atoms with van der Waals surface area (Å²) in [4.78, 5) is 19.6. The number of aromatic nitrogens is 3. The third-order valence-electron chi connectivity index (χ3n) is 5.52. The maximum atomic E-state index is 13.3. The zero-order valence-corrected chi connectivity index (χ0v) is 18.9. The molecule has 2 heterocycles. The second-order valence-corrected chi connectivity index (χ2v) is 7.66. The first kappa shape index (κ1) is 21.4. The van der Waals surface area contributed by atoms with Crippen LogP contribution in [0.3, 0.4) is 0 Å². The zero-order valence-electron chi connectivity index (χ0n) is 18.9. The second kappa shape index (κ2) is 8.70. The van der Waals surface area contributed by atoms with Crippen molar-refractivity contribution in [3.63, 3.8) is 0 Å². The fourth-order valence-electron chi connectivity index (χ4n) is 3.73. The fraction of sp³-hybridized carbons (Fsp3) is 0.240. The predicted octanol–water partition coefficient (Wildman–Crippen LogP) is 4.24. The summed E-state index contributed by atoms with van der Waals surface area (Å²) in [6.45, 7) is 3.93. The highest BCUT2D eigenvalue weighted by atomic mass is 16.5. The van der Waals surface area contributed by atoms with Crippen LogP contribution < -0.4 is 14.4 Å². The molecule has 4 aromatic rings. The van der Waals surface area contributed by atoms with Crippen molar-refractivity contribution in [3.8, 4) is 22.8 Å². The Morgan fingerprint density at radius 2 is 1.56 bits per heavy atom. The SMILES string of the molecule is COc1ccc(-c2nn3c(C)cc(C)nc3c2CC(=O)N(C)c2ccc(OC)cc2)cc1. The first-order valence-electron chi connectivity index (χ1n) is 10.3. The number of nitrogens with zero attached hydrogens (tertiary/aromatic N) is 4. The van der Waals surface area contributed by atoms with Crippen LogP contribution >= 0.6 is 0 Å². The lowest BCUT2D eigenvalue weighted by Gasteiger charge is -2.18. The van der Waals surface area contributed by atoms with Crippen molar-refractivity contribution in [3.05, 3.63) is 71.5 Å². The second-order valence-electron chi connectivity index (χ2n) is 7.66. The molecule has 0 aliphatic carbocycles. The van der Waals surface area contributed by atoms with Crippen LogP contribution in [0.25, 0.3) is 16.9 Å². The number of carbonyl (C=O) groups excluding carboxylic acids is 1. The van der Waals surface area contributed by atoms with Gasteiger partial charge in [0.05, 0.1) is 26.3 Å². The van der Waals surface area contributed by atoms with E-state index < -0.39 is 0 Å². The molecule has 0 saturated heterocycles. The number of methoxy groups -OCH3 is 2. The van der Waals surface area contributed by atoms with E-state index in [9.17, 15) is 4.79 Å². The molecule has 1 amide bonds. The van der Waals surface area contributed by atoms with Gasteiger partial charge < -0.3 is 14.4 Å². The Kier molecular flexibility index (Phi) is 5.81. The average molecular weight is 431 g/mol. The number of ether oxygens (including phenoxy) is 2. The third kappa shape index (κ3) is 4.01. The Morgan fingerprint density at radius 3 is 2.16 bits per heavy atom. The first-order valence-corrected chi connectivity index (χ1v) is 10.3. The Bertz CT molecular complexity index is 1260. The minimum Gasteiger partial charge on any atom is -0.497 e. The third-order valence-corrected chi connectivity index (χ3v) is 5.52. The monoisotopic (exact) mass is 430 g/mol. The topological polar surface area (TPSA) is 69.0 Å². The van der Waals surface area contributed by atoms with Gasteiger partial charge in [-0.25, -0.2) is 9.50 Å². The summed E-state index contributed by atoms with van der Waals surface area (Å²) in [5, 5.41) is 4.81. The predicted molar refractivity (Wildman–Crippen MR) is 125 cm³/mol. The van der Waals surface area contributed by atoms with Gasteiger partial charge in [-0.15, -0.1) is 0 Å². The highest BCUT2D eigenvalue weighted by Gasteiger charge is 2.22. The first-order chi connectivity index (χ1) is 15.4. The van der Waals surface area contributed by atoms with Crippen LogP contribution in [0.4, 0.5) is 5.69 Å². The van der Waals surface area contributed by atoms with Crippen LogP contribution in [-0.2, 0) is 11.2 Å². The van der Waals surface area contributed by atoms with Gasteiger partial charge in [0.1, 0.15) is 11.5 Å². The molecule has 2 aromatic carbocycles. The Morgan fingerprint density at radius 1 is 0.969 bits per heavy atom. The van der Waals surface area contributed by atoms with Gasteiger partial charge in [-0.3, -0.25) is 4.79 Å². The molecular weight excluding hydrogens is 404 g/mol. The van der Waals surface area contributed by atoms with E-state index in [0.29, 0.717) is 5.65 Å². The van der Waals surface area contributed by atoms with Crippen LogP contribution in [0.1, 0.15) is 17.0 Å². The number of carbonyl (C=O) groups is 1. The number of rotatable bonds is 6. The highest BCUT2D eigenvalue weighted by Crippen LogP contribution is 2.29. The standard InChI is InChI=1S/C25H26N4O3/c1-16-14-17(2)29-25(26-16)22(24(27-29)18-6-10-20(31-4)11-7-18)15-23(30)28(3)19-8-12-21(32-5)13-9-19/h6-14H,15H2,1-5H3. The van der Waals surface area contributed by atoms with Crippen molar-refractivity contribution in [1.82, 2.24) is 14.6 Å². The lowest BCUT2D eigenvalue weighted by molar-refractivity contribution is -0.117. The van der Waals surface area contributed by atoms with Gasteiger partial charge in [0.15, 0.2) is 5.65 Å². The van der Waals surface area contributed by atoms with Crippen LogP contribution in [0, 0.1) is 13.8 Å². The number of likely N-dealkylation sites (N-methyl/N-ethyl adjacent to an activating group) is 1. The summed E-state index contributed by atoms with van der Waals surface area (Å²) in [5.41, 5.74) is 5.78. The van der Waals surface area contributed by atoms with Gasteiger partial charge in [-0.05, 0) is 68.4 Å². The fourth-order valence-corrected chi connectivity index (χ4v) is 3.73. The average Bonchev–Trinajstić information content (AvgIpc) is 3.17. The number of anilines is 1. The largest absolute Gasteiger partial charge is 0.497 e. The number of benzene rings is 2. The highest BCUT2D eigenvalue weighted by molar-refractivity contribution is 5.96. The molecule has 0 unspecified atom stereocenters. The number of hydrogen-bond donors (Lipinski definition) is 0. The van der Waals surface area contributed by atoms with E-state index in [4.69, 9.17) is 19.6 Å². The van der Waals surface area contributed by atoms with Crippen LogP contribution in [0.15, 0.2) is 54.6 Å². The van der Waals surface area contributed by atoms with E-state index in [2.05, 4.69) is 0 Å². The quantitative estimate of drug-likeness (QED) is 0.458. The molecule has 7 nitrogen and oxygen atoms in total. The van der Waals surface area contributed by atoms with E-state index in [-0.39, 0.29) is 12.3 Å². The van der Waals surface area contributed by atoms with E-state index in [1.165, 1.54) is 0 Å². The summed E-state index contributed by atoms with van der Waals surface area (Å²) in [5.74, 6) is 1.45. The maximum absolute atomic E-state index is 13.3. The molecule has 0 spiro atoms. The lowest BCUT2D eigenvalue weighted by atomic mass is 10.0. The van der Waals surface area contributed by atoms with E-state index in [1.807, 2.05) is 73.0 Å². The Balaban J connectivity index is 1.76. The minimum atomic E-state index is -0.0548. The molecule has 0 aliphatic heterocycles. The molecular formula is C25H26N4O3. The van der Waals surface area contributed by atoms with Crippen molar-refractivity contribution in [1.29, 1.82) is 0 Å². The van der Waals surface area contributed by atoms with Crippen LogP contribution in [0.5, 0.6) is 11.5 Å². The molecule has 2 aromatic heterocycles. The molecule has 164 valence electrons. The molecule has 0 N–H and O–H groups in total. The normalized spacial score (nSPS) is 10.9. The van der Waals surface area contributed by atoms with Gasteiger partial charge in [0.2, 0.25) is 5.91 Å². The zero-order chi connectivity index (χ0) is 22.8. The van der Waals surface area contributed by atoms with Gasteiger partial charge in [0.25, 0.3) is 0 Å². The number of hydrogen-bond acceptors (Lipinski definition) is 5. The summed E-state index contributed by atoms with van der Waals surface area (Å²) < 4.78 is 12.3. The summed E-state index contributed by atoms with van der Waals surface area (Å²) in [7, 11) is 5.02. The van der Waals surface area contributed by atoms with Crippen LogP contribution in [0.2, 0.25) is 0 Å². The summed E-state index contributed by atoms with van der Waals surface area (Å²) >= 11 is 0. The summed E-state index contributed by atoms with van der Waals surface area (Å²) in [6, 6.07) is 17.1. The van der Waals surface area contributed by atoms with Crippen molar-refractivity contribution < 1.29 is 14.3 Å². The summed E-state index contributed by atoms with van der Waals surface area (Å²) in [6.07, 6.45) is 0.170. The molecule has 0 bridgehead atoms. The minimum absolute atomic E-state index is 0.0548. The number of fused-ring (bicyclic) bond motifs is 1. The van der Waals surface area contributed by atoms with Crippen molar-refractivity contribution in [2.45, 2.75) is 20.3 Å². The lowest BCUT2D eigenvalue weighted by Crippen LogP contribution is -2.28. The van der Waals surface area contributed by atoms with E-state index in [0.717, 1.165) is 45.4 Å². The molecule has 7 heteroatoms. The molecule has 0 fully saturated rings. The molecule has 0 atom stereocenters. The smallest absolute Gasteiger partial charge is 0.231 e. The Hall–Kier alpha value is -3.87. The van der Waals surface area contributed by atoms with Crippen molar-refractivity contribution >= 4 is 17.2 Å². The number of aryl methyl sites for hydroxylation is 2. The van der Waals surface area contributed by atoms with Gasteiger partial charge >= 0.3 is 0 Å². The van der Waals surface area contributed by atoms with E-state index in [1.54, 1.807) is 26.2 Å². The van der Waals surface area contributed by atoms with Gasteiger partial charge in [-0.2, -0.15) is 5.10 Å². The van der Waals surface area contributed by atoms with Crippen molar-refractivity contribution in [2.24, 2.45) is 0 Å². The van der Waals surface area contributed by atoms with Crippen molar-refractivity contribution in [2.75, 3.05) is 26.2 Å². The molecule has 0 radical (unpaired) electrons. The van der Waals surface area contributed by atoms with Gasteiger partial charge in [-0.1, -0.05) is 0 Å². The molecule has 4 rings (SSSR count). The van der Waals surface area contributed by atoms with Crippen LogP contribution in [-0.4, -0.2) is 41.8 Å². The molecule has 0 saturated carbocycles. The molecule has 32 heavy (non-hydrogen) atoms. The maximum Gasteiger partial charge on any atom is 0.231 e. The molecule has 0 aliphatic rings. The van der Waals surface area contributed by atoms with Gasteiger partial charge in [0, 0.05) is 35.2 Å². The Labute approximate surface area is 187 Å². The number of amides is 1. The van der Waals surface area contributed by atoms with E-state index >= 15 is 0 Å².